The predicted octanol–water partition coefficient (Wildman–Crippen LogP) is 6.28. The van der Waals surface area contributed by atoms with Gasteiger partial charge in [0.1, 0.15) is 23.3 Å². The minimum atomic E-state index is -4.72. The SMILES string of the molecule is Cn1ccc2ncnc(Oc3ccc(N(OS(=O)(=O)c4ccccc4)C(=O)Nc4cccc(C(F)(F)F)c4)c(F)c3)c21. The molecule has 0 aliphatic carbocycles. The van der Waals surface area contributed by atoms with Gasteiger partial charge in [0.2, 0.25) is 5.88 Å². The van der Waals surface area contributed by atoms with E-state index in [2.05, 4.69) is 15.3 Å². The number of benzene rings is 3. The molecular formula is C27H19F4N5O5S. The molecule has 5 rings (SSSR count). The zero-order chi connectivity index (χ0) is 30.1. The maximum Gasteiger partial charge on any atom is 0.416 e. The van der Waals surface area contributed by atoms with Crippen molar-refractivity contribution >= 4 is 38.6 Å². The first-order valence-electron chi connectivity index (χ1n) is 11.9. The Kier molecular flexibility index (Phi) is 7.53. The van der Waals surface area contributed by atoms with Crippen molar-refractivity contribution in [2.24, 2.45) is 7.05 Å². The number of hydrogen-bond donors (Lipinski definition) is 1. The third-order valence-electron chi connectivity index (χ3n) is 5.81. The molecule has 0 radical (unpaired) electrons. The number of amides is 2. The summed E-state index contributed by atoms with van der Waals surface area (Å²) in [6, 6.07) is 13.7. The molecule has 2 aromatic heterocycles. The van der Waals surface area contributed by atoms with Crippen molar-refractivity contribution in [3.63, 3.8) is 0 Å². The maximum absolute atomic E-state index is 15.5. The number of hydrogen-bond acceptors (Lipinski definition) is 7. The highest BCUT2D eigenvalue weighted by Gasteiger charge is 2.32. The minimum Gasteiger partial charge on any atom is -0.437 e. The van der Waals surface area contributed by atoms with Gasteiger partial charge in [0.15, 0.2) is 5.82 Å². The molecule has 0 fully saturated rings. The van der Waals surface area contributed by atoms with Crippen LogP contribution in [0.4, 0.5) is 33.7 Å². The van der Waals surface area contributed by atoms with E-state index in [1.165, 1.54) is 42.7 Å². The van der Waals surface area contributed by atoms with Crippen molar-refractivity contribution in [3.8, 4) is 11.6 Å². The summed E-state index contributed by atoms with van der Waals surface area (Å²) in [5.41, 5.74) is -1.03. The lowest BCUT2D eigenvalue weighted by atomic mass is 10.2. The molecule has 0 atom stereocenters. The Morgan fingerprint density at radius 1 is 0.976 bits per heavy atom. The van der Waals surface area contributed by atoms with Crippen molar-refractivity contribution in [2.75, 3.05) is 10.4 Å². The van der Waals surface area contributed by atoms with Gasteiger partial charge in [0.25, 0.3) is 0 Å². The first-order valence-corrected chi connectivity index (χ1v) is 13.3. The molecule has 10 nitrogen and oxygen atoms in total. The van der Waals surface area contributed by atoms with E-state index in [0.717, 1.165) is 30.3 Å². The Labute approximate surface area is 235 Å². The smallest absolute Gasteiger partial charge is 0.416 e. The van der Waals surface area contributed by atoms with Crippen LogP contribution in [0.1, 0.15) is 5.56 Å². The second kappa shape index (κ2) is 11.1. The minimum absolute atomic E-state index is 0.0680. The second-order valence-electron chi connectivity index (χ2n) is 8.70. The van der Waals surface area contributed by atoms with Crippen LogP contribution >= 0.6 is 0 Å². The monoisotopic (exact) mass is 601 g/mol. The number of nitrogens with one attached hydrogen (secondary N) is 1. The molecule has 3 aromatic carbocycles. The number of ether oxygens (including phenoxy) is 1. The van der Waals surface area contributed by atoms with E-state index in [9.17, 15) is 26.4 Å². The first kappa shape index (κ1) is 28.5. The standard InChI is InChI=1S/C27H19F4N5O5S/c1-35-13-12-22-24(35)25(33-16-32-22)40-19-10-11-23(21(28)15-19)36(41-42(38,39)20-8-3-2-4-9-20)26(37)34-18-7-5-6-17(14-18)27(29,30)31/h2-16H,1H3,(H,34,37). The number of aryl methyl sites for hydroxylation is 1. The van der Waals surface area contributed by atoms with Crippen LogP contribution in [-0.4, -0.2) is 29.0 Å². The van der Waals surface area contributed by atoms with Crippen LogP contribution in [0.15, 0.2) is 96.3 Å². The van der Waals surface area contributed by atoms with Crippen molar-refractivity contribution in [1.82, 2.24) is 14.5 Å². The lowest BCUT2D eigenvalue weighted by Gasteiger charge is -2.22. The van der Waals surface area contributed by atoms with Crippen LogP contribution < -0.4 is 15.1 Å². The maximum atomic E-state index is 15.5. The number of carbonyl (C=O) groups excluding carboxylic acids is 1. The fourth-order valence-electron chi connectivity index (χ4n) is 3.85. The van der Waals surface area contributed by atoms with Crippen LogP contribution in [0.25, 0.3) is 11.0 Å². The van der Waals surface area contributed by atoms with Crippen LogP contribution in [0.2, 0.25) is 0 Å². The molecule has 0 saturated carbocycles. The van der Waals surface area contributed by atoms with E-state index < -0.39 is 39.4 Å². The third-order valence-corrected chi connectivity index (χ3v) is 7.00. The van der Waals surface area contributed by atoms with Gasteiger partial charge in [-0.2, -0.15) is 26.6 Å². The zero-order valence-corrected chi connectivity index (χ0v) is 22.2. The first-order chi connectivity index (χ1) is 19.9. The highest BCUT2D eigenvalue weighted by molar-refractivity contribution is 7.86. The number of rotatable bonds is 7. The summed E-state index contributed by atoms with van der Waals surface area (Å²) in [6.07, 6.45) is -1.74. The van der Waals surface area contributed by atoms with Gasteiger partial charge >= 0.3 is 22.3 Å². The summed E-state index contributed by atoms with van der Waals surface area (Å²) in [7, 11) is -2.98. The van der Waals surface area contributed by atoms with E-state index in [0.29, 0.717) is 17.1 Å². The van der Waals surface area contributed by atoms with Crippen LogP contribution in [0, 0.1) is 5.82 Å². The topological polar surface area (TPSA) is 116 Å². The summed E-state index contributed by atoms with van der Waals surface area (Å²) in [4.78, 5) is 21.0. The fourth-order valence-corrected chi connectivity index (χ4v) is 4.77. The number of anilines is 2. The summed E-state index contributed by atoms with van der Waals surface area (Å²) in [5.74, 6) is -1.13. The van der Waals surface area contributed by atoms with Crippen LogP contribution in [0.3, 0.4) is 0 Å². The van der Waals surface area contributed by atoms with Crippen molar-refractivity contribution in [3.05, 3.63) is 103 Å². The molecule has 0 saturated heterocycles. The molecule has 0 aliphatic heterocycles. The molecule has 2 heterocycles. The van der Waals surface area contributed by atoms with Crippen molar-refractivity contribution in [2.45, 2.75) is 11.1 Å². The van der Waals surface area contributed by atoms with Gasteiger partial charge in [-0.25, -0.2) is 14.2 Å². The molecule has 42 heavy (non-hydrogen) atoms. The lowest BCUT2D eigenvalue weighted by molar-refractivity contribution is -0.137. The highest BCUT2D eigenvalue weighted by atomic mass is 32.2. The largest absolute Gasteiger partial charge is 0.437 e. The average Bonchev–Trinajstić information content (AvgIpc) is 3.34. The summed E-state index contributed by atoms with van der Waals surface area (Å²) in [6.45, 7) is 0. The molecule has 0 aliphatic rings. The normalized spacial score (nSPS) is 11.8. The molecule has 0 bridgehead atoms. The van der Waals surface area contributed by atoms with Crippen molar-refractivity contribution in [1.29, 1.82) is 0 Å². The lowest BCUT2D eigenvalue weighted by Crippen LogP contribution is -2.37. The molecule has 0 spiro atoms. The number of carbonyl (C=O) groups is 1. The number of nitrogens with zero attached hydrogens (tertiary/aromatic N) is 4. The third kappa shape index (κ3) is 6.01. The van der Waals surface area contributed by atoms with Gasteiger partial charge in [-0.05, 0) is 48.5 Å². The van der Waals surface area contributed by atoms with E-state index in [-0.39, 0.29) is 27.3 Å². The van der Waals surface area contributed by atoms with Gasteiger partial charge in [-0.15, -0.1) is 9.35 Å². The molecule has 1 N–H and O–H groups in total. The van der Waals surface area contributed by atoms with E-state index in [1.807, 2.05) is 0 Å². The van der Waals surface area contributed by atoms with E-state index in [4.69, 9.17) is 9.02 Å². The van der Waals surface area contributed by atoms with Crippen LogP contribution in [-0.2, 0) is 27.6 Å². The number of halogens is 4. The number of fused-ring (bicyclic) bond motifs is 1. The zero-order valence-electron chi connectivity index (χ0n) is 21.4. The molecule has 15 heteroatoms. The highest BCUT2D eigenvalue weighted by Crippen LogP contribution is 2.33. The van der Waals surface area contributed by atoms with Gasteiger partial charge in [-0.3, -0.25) is 0 Å². The number of urea groups is 1. The number of alkyl halides is 3. The average molecular weight is 602 g/mol. The predicted molar refractivity (Wildman–Crippen MR) is 143 cm³/mol. The molecular weight excluding hydrogens is 582 g/mol. The van der Waals surface area contributed by atoms with Gasteiger partial charge < -0.3 is 14.6 Å². The summed E-state index contributed by atoms with van der Waals surface area (Å²) >= 11 is 0. The second-order valence-corrected chi connectivity index (χ2v) is 10.2. The van der Waals surface area contributed by atoms with Crippen LogP contribution in [0.5, 0.6) is 11.6 Å². The van der Waals surface area contributed by atoms with Gasteiger partial charge in [-0.1, -0.05) is 24.3 Å². The van der Waals surface area contributed by atoms with Crippen molar-refractivity contribution < 1.29 is 39.8 Å². The van der Waals surface area contributed by atoms with Gasteiger partial charge in [0.05, 0.1) is 16.0 Å². The van der Waals surface area contributed by atoms with E-state index >= 15 is 4.39 Å². The Hall–Kier alpha value is -5.02. The number of hydroxylamine groups is 1. The Bertz CT molecular complexity index is 1880. The molecule has 2 amide bonds. The summed E-state index contributed by atoms with van der Waals surface area (Å²) in [5, 5.41) is 2.20. The molecule has 0 unspecified atom stereocenters. The molecule has 216 valence electrons. The Balaban J connectivity index is 1.49. The summed E-state index contributed by atoms with van der Waals surface area (Å²) < 4.78 is 93.3. The van der Waals surface area contributed by atoms with E-state index in [1.54, 1.807) is 23.9 Å². The van der Waals surface area contributed by atoms with Gasteiger partial charge in [0, 0.05) is 25.0 Å². The molecule has 5 aromatic rings. The Morgan fingerprint density at radius 2 is 1.74 bits per heavy atom. The Morgan fingerprint density at radius 3 is 2.45 bits per heavy atom. The quantitative estimate of drug-likeness (QED) is 0.173. The fraction of sp³-hybridized carbons (Fsp3) is 0.0741. The number of aromatic nitrogens is 3.